The van der Waals surface area contributed by atoms with Crippen molar-refractivity contribution in [1.82, 2.24) is 25.1 Å². The number of carbonyl (C=O) groups excluding carboxylic acids is 1. The number of amides is 1. The summed E-state index contributed by atoms with van der Waals surface area (Å²) in [4.78, 5) is 16.6. The van der Waals surface area contributed by atoms with E-state index in [1.165, 1.54) is 19.3 Å². The molecule has 1 amide bonds. The van der Waals surface area contributed by atoms with E-state index in [2.05, 4.69) is 46.0 Å². The monoisotopic (exact) mass is 490 g/mol. The third-order valence-corrected chi connectivity index (χ3v) is 6.57. The highest BCUT2D eigenvalue weighted by atomic mass is 35.5. The molecule has 3 aromatic rings. The molecular formula is C22H27ClN6O3S. The van der Waals surface area contributed by atoms with E-state index < -0.39 is 15.9 Å². The van der Waals surface area contributed by atoms with Crippen molar-refractivity contribution >= 4 is 33.2 Å². The van der Waals surface area contributed by atoms with Crippen LogP contribution in [0, 0.1) is 0 Å². The summed E-state index contributed by atoms with van der Waals surface area (Å²) in [7, 11) is -2.46. The maximum Gasteiger partial charge on any atom is 0.289 e. The van der Waals surface area contributed by atoms with Crippen LogP contribution in [0.3, 0.4) is 0 Å². The number of rotatable bonds is 6. The number of pyridine rings is 1. The summed E-state index contributed by atoms with van der Waals surface area (Å²) in [5.41, 5.74) is 1.23. The molecule has 0 saturated carbocycles. The Morgan fingerprint density at radius 2 is 1.76 bits per heavy atom. The molecule has 0 bridgehead atoms. The number of hydrogen-bond acceptors (Lipinski definition) is 6. The van der Waals surface area contributed by atoms with E-state index in [9.17, 15) is 13.2 Å². The molecule has 2 heterocycles. The normalized spacial score (nSPS) is 12.1. The van der Waals surface area contributed by atoms with Gasteiger partial charge in [-0.05, 0) is 43.0 Å². The Labute approximate surface area is 198 Å². The van der Waals surface area contributed by atoms with Crippen LogP contribution in [0.1, 0.15) is 56.8 Å². The smallest absolute Gasteiger partial charge is 0.289 e. The molecule has 0 unspecified atom stereocenters. The van der Waals surface area contributed by atoms with Gasteiger partial charge in [0, 0.05) is 19.3 Å². The Kier molecular flexibility index (Phi) is 6.80. The number of nitrogens with one attached hydrogen (secondary N) is 2. The summed E-state index contributed by atoms with van der Waals surface area (Å²) >= 11 is 6.13. The van der Waals surface area contributed by atoms with Gasteiger partial charge in [0.1, 0.15) is 5.69 Å². The van der Waals surface area contributed by atoms with E-state index in [1.807, 2.05) is 13.8 Å². The third kappa shape index (κ3) is 5.17. The Morgan fingerprint density at radius 3 is 2.30 bits per heavy atom. The average molecular weight is 491 g/mol. The number of hydrogen-bond donors (Lipinski definition) is 2. The second-order valence-electron chi connectivity index (χ2n) is 8.82. The minimum atomic E-state index is -3.96. The highest BCUT2D eigenvalue weighted by Gasteiger charge is 2.26. The molecule has 0 saturated heterocycles. The maximum absolute atomic E-state index is 13.1. The molecule has 9 nitrogen and oxygen atoms in total. The number of halogens is 1. The van der Waals surface area contributed by atoms with E-state index in [4.69, 9.17) is 11.6 Å². The van der Waals surface area contributed by atoms with E-state index in [0.29, 0.717) is 0 Å². The fourth-order valence-corrected chi connectivity index (χ4v) is 4.46. The zero-order chi connectivity index (χ0) is 24.6. The lowest BCUT2D eigenvalue weighted by atomic mass is 9.87. The van der Waals surface area contributed by atoms with Crippen molar-refractivity contribution < 1.29 is 13.2 Å². The molecule has 0 aliphatic heterocycles. The summed E-state index contributed by atoms with van der Waals surface area (Å²) in [5.74, 6) is -0.0932. The minimum Gasteiger partial charge on any atom is -0.352 e. The minimum absolute atomic E-state index is 0.0887. The molecule has 0 radical (unpaired) electrons. The second-order valence-corrected chi connectivity index (χ2v) is 10.9. The van der Waals surface area contributed by atoms with Gasteiger partial charge >= 0.3 is 0 Å². The lowest BCUT2D eigenvalue weighted by Gasteiger charge is -2.19. The van der Waals surface area contributed by atoms with Crippen LogP contribution in [0.5, 0.6) is 0 Å². The summed E-state index contributed by atoms with van der Waals surface area (Å²) < 4.78 is 30.4. The zero-order valence-corrected chi connectivity index (χ0v) is 20.9. The summed E-state index contributed by atoms with van der Waals surface area (Å²) in [6, 6.07) is 7.94. The van der Waals surface area contributed by atoms with Gasteiger partial charge in [-0.15, -0.1) is 10.2 Å². The first-order valence-corrected chi connectivity index (χ1v) is 12.2. The Bertz CT molecular complexity index is 1280. The lowest BCUT2D eigenvalue weighted by molar-refractivity contribution is 0.0946. The Morgan fingerprint density at radius 1 is 1.12 bits per heavy atom. The quantitative estimate of drug-likeness (QED) is 0.538. The first kappa shape index (κ1) is 24.7. The van der Waals surface area contributed by atoms with Gasteiger partial charge in [-0.3, -0.25) is 14.1 Å². The van der Waals surface area contributed by atoms with Crippen molar-refractivity contribution in [2.24, 2.45) is 0 Å². The number of sulfonamides is 1. The van der Waals surface area contributed by atoms with Gasteiger partial charge in [0.2, 0.25) is 5.82 Å². The highest BCUT2D eigenvalue weighted by molar-refractivity contribution is 7.92. The predicted molar refractivity (Wildman–Crippen MR) is 128 cm³/mol. The Balaban J connectivity index is 2.08. The topological polar surface area (TPSA) is 119 Å². The molecular weight excluding hydrogens is 464 g/mol. The number of aromatic nitrogens is 4. The Hall–Kier alpha value is -2.98. The van der Waals surface area contributed by atoms with Crippen molar-refractivity contribution in [2.75, 3.05) is 11.8 Å². The zero-order valence-electron chi connectivity index (χ0n) is 19.3. The van der Waals surface area contributed by atoms with Gasteiger partial charge in [0.25, 0.3) is 15.9 Å². The van der Waals surface area contributed by atoms with Crippen molar-refractivity contribution in [3.8, 4) is 11.5 Å². The predicted octanol–water partition coefficient (Wildman–Crippen LogP) is 4.03. The van der Waals surface area contributed by atoms with Crippen LogP contribution in [0.2, 0.25) is 5.02 Å². The van der Waals surface area contributed by atoms with Gasteiger partial charge in [-0.2, -0.15) is 0 Å². The first-order chi connectivity index (χ1) is 15.3. The van der Waals surface area contributed by atoms with Crippen LogP contribution in [-0.2, 0) is 15.4 Å². The van der Waals surface area contributed by atoms with Crippen LogP contribution in [0.15, 0.2) is 41.4 Å². The molecule has 0 atom stereocenters. The number of nitrogens with zero attached hydrogens (tertiary/aromatic N) is 4. The maximum atomic E-state index is 13.1. The second kappa shape index (κ2) is 9.11. The van der Waals surface area contributed by atoms with Crippen molar-refractivity contribution in [2.45, 2.75) is 51.0 Å². The number of benzene rings is 1. The largest absolute Gasteiger partial charge is 0.352 e. The molecule has 1 aromatic carbocycles. The summed E-state index contributed by atoms with van der Waals surface area (Å²) in [6.45, 7) is 9.87. The van der Waals surface area contributed by atoms with E-state index in [1.54, 1.807) is 28.8 Å². The summed E-state index contributed by atoms with van der Waals surface area (Å²) in [6.07, 6.45) is 1.38. The van der Waals surface area contributed by atoms with Crippen LogP contribution >= 0.6 is 11.6 Å². The van der Waals surface area contributed by atoms with Crippen LogP contribution < -0.4 is 10.0 Å². The van der Waals surface area contributed by atoms with Gasteiger partial charge in [0.15, 0.2) is 5.82 Å². The van der Waals surface area contributed by atoms with Crippen LogP contribution in [-0.4, -0.2) is 41.1 Å². The third-order valence-electron chi connectivity index (χ3n) is 4.98. The van der Waals surface area contributed by atoms with Crippen LogP contribution in [0.4, 0.5) is 5.69 Å². The average Bonchev–Trinajstić information content (AvgIpc) is 3.17. The molecule has 0 aliphatic carbocycles. The van der Waals surface area contributed by atoms with Crippen molar-refractivity contribution in [3.05, 3.63) is 52.9 Å². The highest BCUT2D eigenvalue weighted by Crippen LogP contribution is 2.31. The van der Waals surface area contributed by atoms with Gasteiger partial charge in [-0.25, -0.2) is 13.4 Å². The SMILES string of the molecule is CNC(=O)c1nnc(-c2ncc(Cl)cc2NS(=O)(=O)c2ccc(C(C)(C)C)cc2)n1C(C)C. The van der Waals surface area contributed by atoms with E-state index >= 15 is 0 Å². The molecule has 2 N–H and O–H groups in total. The van der Waals surface area contributed by atoms with Crippen molar-refractivity contribution in [1.29, 1.82) is 0 Å². The molecule has 176 valence electrons. The standard InChI is InChI=1S/C22H27ClN6O3S/c1-13(2)29-19(26-27-20(29)21(30)24-6)18-17(11-15(23)12-25-18)28-33(31,32)16-9-7-14(8-10-16)22(3,4)5/h7-13,28H,1-6H3,(H,24,30). The number of anilines is 1. The van der Waals surface area contributed by atoms with Crippen molar-refractivity contribution in [3.63, 3.8) is 0 Å². The van der Waals surface area contributed by atoms with Gasteiger partial charge in [-0.1, -0.05) is 44.5 Å². The molecule has 0 aliphatic rings. The lowest BCUT2D eigenvalue weighted by Crippen LogP contribution is -2.24. The molecule has 11 heteroatoms. The van der Waals surface area contributed by atoms with Gasteiger partial charge in [0.05, 0.1) is 15.6 Å². The molecule has 0 spiro atoms. The van der Waals surface area contributed by atoms with Crippen LogP contribution in [0.25, 0.3) is 11.5 Å². The fourth-order valence-electron chi connectivity index (χ4n) is 3.24. The molecule has 33 heavy (non-hydrogen) atoms. The van der Waals surface area contributed by atoms with E-state index in [-0.39, 0.29) is 44.4 Å². The molecule has 0 fully saturated rings. The molecule has 2 aromatic heterocycles. The van der Waals surface area contributed by atoms with Gasteiger partial charge < -0.3 is 5.32 Å². The molecule has 3 rings (SSSR count). The first-order valence-electron chi connectivity index (χ1n) is 10.3. The van der Waals surface area contributed by atoms with E-state index in [0.717, 1.165) is 5.56 Å². The summed E-state index contributed by atoms with van der Waals surface area (Å²) in [5, 5.41) is 10.9. The number of carbonyl (C=O) groups is 1. The fraction of sp³-hybridized carbons (Fsp3) is 0.364.